The molecule has 2 aromatic rings. The van der Waals surface area contributed by atoms with E-state index in [0.717, 1.165) is 41.8 Å². The van der Waals surface area contributed by atoms with E-state index in [-0.39, 0.29) is 5.91 Å². The summed E-state index contributed by atoms with van der Waals surface area (Å²) in [6.45, 7) is 13.3. The minimum absolute atomic E-state index is 0.0785. The quantitative estimate of drug-likeness (QED) is 0.698. The van der Waals surface area contributed by atoms with E-state index in [1.807, 2.05) is 44.2 Å². The van der Waals surface area contributed by atoms with Crippen LogP contribution in [0.15, 0.2) is 54.8 Å². The van der Waals surface area contributed by atoms with Gasteiger partial charge in [-0.25, -0.2) is 4.98 Å². The van der Waals surface area contributed by atoms with Gasteiger partial charge in [0.2, 0.25) is 0 Å². The molecule has 1 aromatic heterocycles. The second-order valence-electron chi connectivity index (χ2n) is 8.09. The highest BCUT2D eigenvalue weighted by Gasteiger charge is 2.36. The molecule has 5 heteroatoms. The molecule has 152 valence electrons. The van der Waals surface area contributed by atoms with E-state index >= 15 is 0 Å². The largest absolute Gasteiger partial charge is 0.383 e. The number of nitrogens with zero attached hydrogens (tertiary/aromatic N) is 2. The molecule has 5 nitrogen and oxygen atoms in total. The first-order valence-electron chi connectivity index (χ1n) is 10.0. The Morgan fingerprint density at radius 2 is 2.10 bits per heavy atom. The number of aromatic nitrogens is 1. The van der Waals surface area contributed by atoms with Gasteiger partial charge in [-0.3, -0.25) is 4.79 Å². The zero-order chi connectivity index (χ0) is 21.2. The van der Waals surface area contributed by atoms with E-state index in [2.05, 4.69) is 41.7 Å². The zero-order valence-electron chi connectivity index (χ0n) is 17.7. The summed E-state index contributed by atoms with van der Waals surface area (Å²) in [4.78, 5) is 19.2. The molecule has 1 aromatic carbocycles. The minimum Gasteiger partial charge on any atom is -0.383 e. The van der Waals surface area contributed by atoms with Crippen molar-refractivity contribution in [2.75, 3.05) is 17.2 Å². The molecule has 3 N–H and O–H groups in total. The summed E-state index contributed by atoms with van der Waals surface area (Å²) in [5, 5.41) is 3.13. The van der Waals surface area contributed by atoms with Crippen molar-refractivity contribution in [1.29, 1.82) is 0 Å². The highest BCUT2D eigenvalue weighted by molar-refractivity contribution is 6.03. The van der Waals surface area contributed by atoms with Crippen LogP contribution in [0.2, 0.25) is 0 Å². The van der Waals surface area contributed by atoms with Crippen LogP contribution in [0, 0.1) is 0 Å². The summed E-state index contributed by atoms with van der Waals surface area (Å²) in [7, 11) is 0. The van der Waals surface area contributed by atoms with Crippen LogP contribution in [0.5, 0.6) is 0 Å². The van der Waals surface area contributed by atoms with Crippen LogP contribution in [0.3, 0.4) is 0 Å². The Bertz CT molecular complexity index is 975. The summed E-state index contributed by atoms with van der Waals surface area (Å²) >= 11 is 0. The van der Waals surface area contributed by atoms with E-state index < -0.39 is 5.66 Å². The molecule has 29 heavy (non-hydrogen) atoms. The average molecular weight is 391 g/mol. The maximum absolute atomic E-state index is 12.9. The maximum atomic E-state index is 12.9. The molecule has 2 heterocycles. The highest BCUT2D eigenvalue weighted by atomic mass is 16.2. The van der Waals surface area contributed by atoms with Crippen molar-refractivity contribution in [3.05, 3.63) is 71.4 Å². The second kappa shape index (κ2) is 8.11. The third-order valence-electron chi connectivity index (χ3n) is 5.33. The monoisotopic (exact) mass is 390 g/mol. The Balaban J connectivity index is 2.00. The molecule has 1 aliphatic rings. The van der Waals surface area contributed by atoms with Crippen LogP contribution >= 0.6 is 0 Å². The molecule has 1 aliphatic heterocycles. The molecule has 0 atom stereocenters. The van der Waals surface area contributed by atoms with Crippen molar-refractivity contribution >= 4 is 23.0 Å². The lowest BCUT2D eigenvalue weighted by Gasteiger charge is -2.45. The Kier molecular flexibility index (Phi) is 5.78. The number of benzene rings is 1. The molecule has 0 bridgehead atoms. The fourth-order valence-corrected chi connectivity index (χ4v) is 3.67. The van der Waals surface area contributed by atoms with Gasteiger partial charge in [0, 0.05) is 18.3 Å². The van der Waals surface area contributed by atoms with Gasteiger partial charge in [0.25, 0.3) is 5.91 Å². The minimum atomic E-state index is -0.475. The molecule has 0 radical (unpaired) electrons. The fraction of sp³-hybridized carbons (Fsp3) is 0.333. The number of carbonyl (C=O) groups excluding carboxylic acids is 1. The number of hydrogen-bond acceptors (Lipinski definition) is 4. The van der Waals surface area contributed by atoms with Crippen molar-refractivity contribution in [3.8, 4) is 0 Å². The number of rotatable bonds is 6. The lowest BCUT2D eigenvalue weighted by molar-refractivity contribution is 0.0899. The number of amides is 1. The third kappa shape index (κ3) is 4.19. The van der Waals surface area contributed by atoms with Crippen LogP contribution in [-0.2, 0) is 0 Å². The van der Waals surface area contributed by atoms with Crippen molar-refractivity contribution < 1.29 is 4.79 Å². The number of nitrogen functional groups attached to an aromatic ring is 1. The van der Waals surface area contributed by atoms with Crippen molar-refractivity contribution in [3.63, 3.8) is 0 Å². The van der Waals surface area contributed by atoms with Gasteiger partial charge in [0.15, 0.2) is 0 Å². The first-order valence-corrected chi connectivity index (χ1v) is 10.0. The van der Waals surface area contributed by atoms with E-state index in [1.54, 1.807) is 6.20 Å². The fourth-order valence-electron chi connectivity index (χ4n) is 3.67. The van der Waals surface area contributed by atoms with Crippen LogP contribution in [-0.4, -0.2) is 23.1 Å². The van der Waals surface area contributed by atoms with Gasteiger partial charge in [-0.15, -0.1) is 0 Å². The van der Waals surface area contributed by atoms with E-state index in [1.165, 1.54) is 5.57 Å². The maximum Gasteiger partial charge on any atom is 0.255 e. The first kappa shape index (κ1) is 20.6. The van der Waals surface area contributed by atoms with Crippen LogP contribution in [0.25, 0.3) is 5.57 Å². The number of hydrogen-bond donors (Lipinski definition) is 2. The summed E-state index contributed by atoms with van der Waals surface area (Å²) in [5.41, 5.74) is 10.8. The summed E-state index contributed by atoms with van der Waals surface area (Å²) in [6, 6.07) is 9.63. The van der Waals surface area contributed by atoms with E-state index in [9.17, 15) is 4.79 Å². The third-order valence-corrected chi connectivity index (χ3v) is 5.33. The van der Waals surface area contributed by atoms with Gasteiger partial charge >= 0.3 is 0 Å². The number of nitrogens with one attached hydrogen (secondary N) is 1. The number of carbonyl (C=O) groups is 1. The lowest BCUT2D eigenvalue weighted by Crippen LogP contribution is -2.61. The van der Waals surface area contributed by atoms with Gasteiger partial charge < -0.3 is 16.0 Å². The SMILES string of the molecule is C=C(c1ccc2c(c1)C(=O)NC(C)(C)N2C/C(C)=C/CCC)c1cccnc1N. The molecule has 0 saturated carbocycles. The number of fused-ring (bicyclic) bond motifs is 1. The topological polar surface area (TPSA) is 71.2 Å². The van der Waals surface area contributed by atoms with E-state index in [4.69, 9.17) is 5.73 Å². The molecule has 3 rings (SSSR count). The molecule has 1 amide bonds. The molecule has 0 unspecified atom stereocenters. The van der Waals surface area contributed by atoms with Crippen molar-refractivity contribution in [1.82, 2.24) is 10.3 Å². The normalized spacial score (nSPS) is 15.7. The molecule has 0 saturated heterocycles. The molecule has 0 spiro atoms. The van der Waals surface area contributed by atoms with Gasteiger partial charge in [-0.05, 0) is 62.6 Å². The van der Waals surface area contributed by atoms with Crippen molar-refractivity contribution in [2.24, 2.45) is 0 Å². The number of anilines is 2. The Labute approximate surface area is 173 Å². The number of unbranched alkanes of at least 4 members (excludes halogenated alkanes) is 1. The summed E-state index contributed by atoms with van der Waals surface area (Å²) in [6.07, 6.45) is 6.11. The van der Waals surface area contributed by atoms with Crippen LogP contribution < -0.4 is 16.0 Å². The Morgan fingerprint density at radius 3 is 2.79 bits per heavy atom. The highest BCUT2D eigenvalue weighted by Crippen LogP contribution is 2.35. The lowest BCUT2D eigenvalue weighted by atomic mass is 9.94. The predicted octanol–water partition coefficient (Wildman–Crippen LogP) is 4.76. The smallest absolute Gasteiger partial charge is 0.255 e. The Hall–Kier alpha value is -3.08. The molecular weight excluding hydrogens is 360 g/mol. The molecule has 0 fully saturated rings. The first-order chi connectivity index (χ1) is 13.7. The van der Waals surface area contributed by atoms with E-state index in [0.29, 0.717) is 11.4 Å². The standard InChI is InChI=1S/C24H30N4O/c1-6-7-9-16(2)15-28-21-12-11-18(14-20(21)23(29)27-24(28,4)5)17(3)19-10-8-13-26-22(19)25/h8-14H,3,6-7,15H2,1-2,4-5H3,(H2,25,26)(H,27,29)/b16-9+. The number of nitrogens with two attached hydrogens (primary N) is 1. The zero-order valence-corrected chi connectivity index (χ0v) is 17.7. The van der Waals surface area contributed by atoms with Crippen LogP contribution in [0.1, 0.15) is 62.0 Å². The van der Waals surface area contributed by atoms with Crippen LogP contribution in [0.4, 0.5) is 11.5 Å². The molecule has 0 aliphatic carbocycles. The van der Waals surface area contributed by atoms with Crippen molar-refractivity contribution in [2.45, 2.75) is 46.2 Å². The second-order valence-corrected chi connectivity index (χ2v) is 8.09. The summed E-state index contributed by atoms with van der Waals surface area (Å²) in [5.74, 6) is 0.351. The number of allylic oxidation sites excluding steroid dienone is 1. The Morgan fingerprint density at radius 1 is 1.34 bits per heavy atom. The van der Waals surface area contributed by atoms with Gasteiger partial charge in [0.1, 0.15) is 11.5 Å². The van der Waals surface area contributed by atoms with Gasteiger partial charge in [-0.1, -0.05) is 37.6 Å². The number of pyridine rings is 1. The molecular formula is C24H30N4O. The summed E-state index contributed by atoms with van der Waals surface area (Å²) < 4.78 is 0. The van der Waals surface area contributed by atoms with Gasteiger partial charge in [0.05, 0.1) is 11.3 Å². The predicted molar refractivity (Wildman–Crippen MR) is 121 cm³/mol. The average Bonchev–Trinajstić information content (AvgIpc) is 2.68. The van der Waals surface area contributed by atoms with Gasteiger partial charge in [-0.2, -0.15) is 0 Å².